The molecule has 1 aliphatic rings. The lowest BCUT2D eigenvalue weighted by Crippen LogP contribution is -2.29. The third kappa shape index (κ3) is 2.63. The molecule has 1 aromatic rings. The van der Waals surface area contributed by atoms with Gasteiger partial charge in [-0.15, -0.1) is 0 Å². The zero-order chi connectivity index (χ0) is 9.97. The van der Waals surface area contributed by atoms with Crippen molar-refractivity contribution in [1.29, 1.82) is 0 Å². The highest BCUT2D eigenvalue weighted by atomic mass is 35.5. The van der Waals surface area contributed by atoms with Gasteiger partial charge >= 0.3 is 0 Å². The quantitative estimate of drug-likeness (QED) is 0.831. The van der Waals surface area contributed by atoms with E-state index in [1.807, 2.05) is 24.3 Å². The Labute approximate surface area is 89.0 Å². The summed E-state index contributed by atoms with van der Waals surface area (Å²) in [4.78, 5) is 0. The number of hydrogen-bond acceptors (Lipinski definition) is 2. The molecule has 14 heavy (non-hydrogen) atoms. The lowest BCUT2D eigenvalue weighted by Gasteiger charge is -2.11. The predicted octanol–water partition coefficient (Wildman–Crippen LogP) is 2.46. The van der Waals surface area contributed by atoms with Crippen LogP contribution in [0.25, 0.3) is 0 Å². The van der Waals surface area contributed by atoms with Gasteiger partial charge in [0, 0.05) is 11.1 Å². The van der Waals surface area contributed by atoms with E-state index in [-0.39, 0.29) is 6.04 Å². The summed E-state index contributed by atoms with van der Waals surface area (Å²) in [6, 6.07) is 7.55. The molecule has 3 heteroatoms. The van der Waals surface area contributed by atoms with Crippen LogP contribution in [0, 0.1) is 5.92 Å². The average Bonchev–Trinajstić information content (AvgIpc) is 3.00. The maximum absolute atomic E-state index is 5.91. The van der Waals surface area contributed by atoms with E-state index in [2.05, 4.69) is 0 Å². The number of nitrogens with two attached hydrogens (primary N) is 1. The minimum atomic E-state index is 0.186. The molecule has 2 N–H and O–H groups in total. The lowest BCUT2D eigenvalue weighted by atomic mass is 10.2. The average molecular weight is 212 g/mol. The van der Waals surface area contributed by atoms with Gasteiger partial charge in [-0.05, 0) is 43.0 Å². The monoisotopic (exact) mass is 211 g/mol. The van der Waals surface area contributed by atoms with E-state index in [0.29, 0.717) is 12.5 Å². The first kappa shape index (κ1) is 9.81. The Kier molecular flexibility index (Phi) is 2.94. The third-order valence-electron chi connectivity index (χ3n) is 2.48. The third-order valence-corrected chi connectivity index (χ3v) is 2.74. The Morgan fingerprint density at radius 2 is 2.00 bits per heavy atom. The Bertz CT molecular complexity index is 295. The van der Waals surface area contributed by atoms with Gasteiger partial charge in [-0.3, -0.25) is 0 Å². The summed E-state index contributed by atoms with van der Waals surface area (Å²) < 4.78 is 5.54. The van der Waals surface area contributed by atoms with E-state index in [0.717, 1.165) is 10.8 Å². The first-order valence-electron chi connectivity index (χ1n) is 4.89. The summed E-state index contributed by atoms with van der Waals surface area (Å²) in [7, 11) is 0. The van der Waals surface area contributed by atoms with E-state index >= 15 is 0 Å². The van der Waals surface area contributed by atoms with Crippen LogP contribution in [0.5, 0.6) is 5.75 Å². The molecule has 1 saturated carbocycles. The topological polar surface area (TPSA) is 35.2 Å². The molecule has 1 fully saturated rings. The van der Waals surface area contributed by atoms with Crippen molar-refractivity contribution in [3.8, 4) is 5.75 Å². The van der Waals surface area contributed by atoms with Gasteiger partial charge in [0.15, 0.2) is 0 Å². The lowest BCUT2D eigenvalue weighted by molar-refractivity contribution is 0.276. The zero-order valence-corrected chi connectivity index (χ0v) is 8.70. The van der Waals surface area contributed by atoms with Crippen LogP contribution >= 0.6 is 11.6 Å². The van der Waals surface area contributed by atoms with Crippen molar-refractivity contribution in [2.75, 3.05) is 6.61 Å². The molecule has 0 amide bonds. The molecule has 0 bridgehead atoms. The Morgan fingerprint density at radius 1 is 1.36 bits per heavy atom. The first-order valence-corrected chi connectivity index (χ1v) is 5.27. The van der Waals surface area contributed by atoms with Crippen molar-refractivity contribution < 1.29 is 4.74 Å². The molecule has 0 radical (unpaired) electrons. The second-order valence-corrected chi connectivity index (χ2v) is 4.20. The van der Waals surface area contributed by atoms with Crippen molar-refractivity contribution >= 4 is 11.6 Å². The summed E-state index contributed by atoms with van der Waals surface area (Å²) in [5, 5.41) is 0.726. The van der Waals surface area contributed by atoms with Gasteiger partial charge in [0.05, 0.1) is 0 Å². The highest BCUT2D eigenvalue weighted by molar-refractivity contribution is 6.30. The fourth-order valence-electron chi connectivity index (χ4n) is 1.38. The van der Waals surface area contributed by atoms with Crippen LogP contribution in [0.4, 0.5) is 0 Å². The first-order chi connectivity index (χ1) is 6.75. The highest BCUT2D eigenvalue weighted by Gasteiger charge is 2.28. The predicted molar refractivity (Wildman–Crippen MR) is 57.6 cm³/mol. The van der Waals surface area contributed by atoms with Gasteiger partial charge in [0.25, 0.3) is 0 Å². The van der Waals surface area contributed by atoms with Crippen molar-refractivity contribution in [3.63, 3.8) is 0 Å². The zero-order valence-electron chi connectivity index (χ0n) is 7.95. The molecular formula is C11H14ClNO. The second kappa shape index (κ2) is 4.20. The standard InChI is InChI=1S/C11H14ClNO/c12-9-3-5-10(6-4-9)14-7-11(13)8-1-2-8/h3-6,8,11H,1-2,7,13H2. The molecule has 0 aromatic heterocycles. The molecule has 1 unspecified atom stereocenters. The van der Waals surface area contributed by atoms with Crippen molar-refractivity contribution in [2.45, 2.75) is 18.9 Å². The molecule has 1 atom stereocenters. The molecule has 1 aliphatic carbocycles. The SMILES string of the molecule is NC(COc1ccc(Cl)cc1)C1CC1. The molecule has 1 aromatic carbocycles. The van der Waals surface area contributed by atoms with E-state index in [4.69, 9.17) is 22.1 Å². The van der Waals surface area contributed by atoms with Crippen molar-refractivity contribution in [1.82, 2.24) is 0 Å². The van der Waals surface area contributed by atoms with Gasteiger partial charge in [0.2, 0.25) is 0 Å². The van der Waals surface area contributed by atoms with Crippen LogP contribution in [0.3, 0.4) is 0 Å². The Morgan fingerprint density at radius 3 is 2.57 bits per heavy atom. The van der Waals surface area contributed by atoms with Gasteiger partial charge in [-0.1, -0.05) is 11.6 Å². The molecule has 2 nitrogen and oxygen atoms in total. The molecule has 0 spiro atoms. The fraction of sp³-hybridized carbons (Fsp3) is 0.455. The number of halogens is 1. The molecule has 0 heterocycles. The molecule has 0 saturated heterocycles. The number of rotatable bonds is 4. The van der Waals surface area contributed by atoms with Crippen LogP contribution in [0.15, 0.2) is 24.3 Å². The number of benzene rings is 1. The second-order valence-electron chi connectivity index (χ2n) is 3.77. The smallest absolute Gasteiger partial charge is 0.119 e. The summed E-state index contributed by atoms with van der Waals surface area (Å²) in [6.07, 6.45) is 2.51. The van der Waals surface area contributed by atoms with Gasteiger partial charge in [-0.2, -0.15) is 0 Å². The van der Waals surface area contributed by atoms with E-state index in [1.165, 1.54) is 12.8 Å². The molecule has 2 rings (SSSR count). The van der Waals surface area contributed by atoms with Crippen LogP contribution in [-0.2, 0) is 0 Å². The summed E-state index contributed by atoms with van der Waals surface area (Å²) in [6.45, 7) is 0.603. The van der Waals surface area contributed by atoms with Crippen LogP contribution in [0.1, 0.15) is 12.8 Å². The van der Waals surface area contributed by atoms with E-state index in [9.17, 15) is 0 Å². The molecule has 76 valence electrons. The Balaban J connectivity index is 1.82. The Hall–Kier alpha value is -0.730. The molecular weight excluding hydrogens is 198 g/mol. The summed E-state index contributed by atoms with van der Waals surface area (Å²) >= 11 is 5.75. The minimum absolute atomic E-state index is 0.186. The van der Waals surface area contributed by atoms with E-state index < -0.39 is 0 Å². The van der Waals surface area contributed by atoms with Gasteiger partial charge in [-0.25, -0.2) is 0 Å². The van der Waals surface area contributed by atoms with Crippen molar-refractivity contribution in [3.05, 3.63) is 29.3 Å². The number of hydrogen-bond donors (Lipinski definition) is 1. The van der Waals surface area contributed by atoms with Crippen LogP contribution < -0.4 is 10.5 Å². The normalized spacial score (nSPS) is 17.9. The van der Waals surface area contributed by atoms with E-state index in [1.54, 1.807) is 0 Å². The fourth-order valence-corrected chi connectivity index (χ4v) is 1.51. The van der Waals surface area contributed by atoms with Crippen LogP contribution in [0.2, 0.25) is 5.02 Å². The molecule has 0 aliphatic heterocycles. The summed E-state index contributed by atoms with van der Waals surface area (Å²) in [5.74, 6) is 1.52. The highest BCUT2D eigenvalue weighted by Crippen LogP contribution is 2.31. The minimum Gasteiger partial charge on any atom is -0.492 e. The van der Waals surface area contributed by atoms with Crippen molar-refractivity contribution in [2.24, 2.45) is 11.7 Å². The van der Waals surface area contributed by atoms with Gasteiger partial charge < -0.3 is 10.5 Å². The largest absolute Gasteiger partial charge is 0.492 e. The number of ether oxygens (including phenoxy) is 1. The maximum Gasteiger partial charge on any atom is 0.119 e. The maximum atomic E-state index is 5.91. The summed E-state index contributed by atoms with van der Waals surface area (Å²) in [5.41, 5.74) is 5.91. The van der Waals surface area contributed by atoms with Crippen LogP contribution in [-0.4, -0.2) is 12.6 Å². The van der Waals surface area contributed by atoms with Gasteiger partial charge in [0.1, 0.15) is 12.4 Å².